The van der Waals surface area contributed by atoms with Crippen molar-refractivity contribution < 1.29 is 4.74 Å². The van der Waals surface area contributed by atoms with Gasteiger partial charge in [0.15, 0.2) is 11.8 Å². The van der Waals surface area contributed by atoms with Crippen LogP contribution >= 0.6 is 11.3 Å². The highest BCUT2D eigenvalue weighted by atomic mass is 32.1. The minimum Gasteiger partial charge on any atom is -0.379 e. The molecule has 160 valence electrons. The maximum Gasteiger partial charge on any atom is 0.192 e. The summed E-state index contributed by atoms with van der Waals surface area (Å²) in [6, 6.07) is 0. The van der Waals surface area contributed by atoms with Crippen LogP contribution in [0.4, 0.5) is 0 Å². The van der Waals surface area contributed by atoms with Crippen molar-refractivity contribution in [2.45, 2.75) is 39.8 Å². The maximum atomic E-state index is 5.42. The molecule has 0 spiro atoms. The Morgan fingerprint density at radius 2 is 2.07 bits per heavy atom. The monoisotopic (exact) mass is 420 g/mol. The van der Waals surface area contributed by atoms with E-state index in [-0.39, 0.29) is 0 Å². The van der Waals surface area contributed by atoms with Crippen LogP contribution in [0, 0.1) is 6.92 Å². The van der Waals surface area contributed by atoms with Crippen molar-refractivity contribution in [1.29, 1.82) is 0 Å². The Kier molecular flexibility index (Phi) is 7.96. The van der Waals surface area contributed by atoms with E-state index in [1.807, 2.05) is 18.5 Å². The summed E-state index contributed by atoms with van der Waals surface area (Å²) in [5, 5.41) is 18.3. The topological polar surface area (TPSA) is 92.5 Å². The van der Waals surface area contributed by atoms with E-state index in [0.717, 1.165) is 67.7 Å². The summed E-state index contributed by atoms with van der Waals surface area (Å²) in [5.74, 6) is 2.93. The highest BCUT2D eigenvalue weighted by Gasteiger charge is 2.11. The molecule has 1 saturated heterocycles. The first kappa shape index (κ1) is 21.7. The number of aliphatic imine (C=N–C) groups is 1. The average molecular weight is 421 g/mol. The van der Waals surface area contributed by atoms with Gasteiger partial charge in [0, 0.05) is 38.6 Å². The Bertz CT molecular complexity index is 794. The van der Waals surface area contributed by atoms with Gasteiger partial charge in [-0.1, -0.05) is 13.8 Å². The lowest BCUT2D eigenvalue weighted by Crippen LogP contribution is -2.44. The molecular formula is C19H32N8OS. The first-order valence-electron chi connectivity index (χ1n) is 10.1. The van der Waals surface area contributed by atoms with Crippen molar-refractivity contribution >= 4 is 17.3 Å². The van der Waals surface area contributed by atoms with Crippen molar-refractivity contribution in [3.05, 3.63) is 27.7 Å². The molecule has 3 rings (SSSR count). The van der Waals surface area contributed by atoms with Crippen molar-refractivity contribution in [1.82, 2.24) is 35.3 Å². The molecule has 0 bridgehead atoms. The van der Waals surface area contributed by atoms with Crippen LogP contribution in [-0.2, 0) is 24.9 Å². The summed E-state index contributed by atoms with van der Waals surface area (Å²) < 4.78 is 7.38. The fourth-order valence-electron chi connectivity index (χ4n) is 2.90. The molecule has 2 aromatic heterocycles. The predicted molar refractivity (Wildman–Crippen MR) is 115 cm³/mol. The zero-order valence-corrected chi connectivity index (χ0v) is 18.6. The van der Waals surface area contributed by atoms with Crippen LogP contribution in [0.3, 0.4) is 0 Å². The van der Waals surface area contributed by atoms with Gasteiger partial charge in [-0.15, -0.1) is 21.5 Å². The molecule has 2 N–H and O–H groups in total. The number of guanidine groups is 1. The van der Waals surface area contributed by atoms with Gasteiger partial charge in [-0.3, -0.25) is 4.90 Å². The zero-order valence-electron chi connectivity index (χ0n) is 17.8. The lowest BCUT2D eigenvalue weighted by atomic mass is 10.2. The molecular weight excluding hydrogens is 388 g/mol. The fraction of sp³-hybridized carbons (Fsp3) is 0.684. The smallest absolute Gasteiger partial charge is 0.192 e. The van der Waals surface area contributed by atoms with Gasteiger partial charge in [0.05, 0.1) is 25.5 Å². The van der Waals surface area contributed by atoms with Gasteiger partial charge in [0.2, 0.25) is 0 Å². The Hall–Kier alpha value is -2.04. The molecule has 3 heterocycles. The highest BCUT2D eigenvalue weighted by Crippen LogP contribution is 2.17. The minimum atomic E-state index is 0.443. The third-order valence-electron chi connectivity index (χ3n) is 4.95. The number of nitrogens with one attached hydrogen (secondary N) is 2. The number of hydrogen-bond donors (Lipinski definition) is 2. The summed E-state index contributed by atoms with van der Waals surface area (Å²) in [7, 11) is 1.96. The van der Waals surface area contributed by atoms with E-state index in [4.69, 9.17) is 14.7 Å². The van der Waals surface area contributed by atoms with Crippen LogP contribution in [0.2, 0.25) is 0 Å². The second kappa shape index (κ2) is 10.7. The van der Waals surface area contributed by atoms with Crippen LogP contribution < -0.4 is 10.6 Å². The molecule has 1 fully saturated rings. The summed E-state index contributed by atoms with van der Waals surface area (Å²) in [5.41, 5.74) is 1.14. The van der Waals surface area contributed by atoms with Gasteiger partial charge in [0.1, 0.15) is 17.4 Å². The zero-order chi connectivity index (χ0) is 20.6. The van der Waals surface area contributed by atoms with E-state index in [0.29, 0.717) is 19.0 Å². The molecule has 0 saturated carbocycles. The Labute approximate surface area is 176 Å². The molecule has 9 nitrogen and oxygen atoms in total. The average Bonchev–Trinajstić information content (AvgIpc) is 3.32. The third-order valence-corrected chi connectivity index (χ3v) is 5.82. The number of thiazole rings is 1. The van der Waals surface area contributed by atoms with Gasteiger partial charge < -0.3 is 19.9 Å². The molecule has 29 heavy (non-hydrogen) atoms. The van der Waals surface area contributed by atoms with Gasteiger partial charge >= 0.3 is 0 Å². The number of ether oxygens (including phenoxy) is 1. The largest absolute Gasteiger partial charge is 0.379 e. The molecule has 10 heteroatoms. The first-order chi connectivity index (χ1) is 14.0. The van der Waals surface area contributed by atoms with Gasteiger partial charge in [0.25, 0.3) is 0 Å². The Morgan fingerprint density at radius 1 is 1.28 bits per heavy atom. The standard InChI is InChI=1S/C19H32N8OS/c1-14(2)16-13-29-18(23-16)12-22-19(20-5-6-27-7-9-28-10-8-27)21-11-17-25-24-15(3)26(17)4/h13-14H,5-12H2,1-4H3,(H2,20,21,22). The molecule has 0 amide bonds. The van der Waals surface area contributed by atoms with Crippen LogP contribution in [0.5, 0.6) is 0 Å². The summed E-state index contributed by atoms with van der Waals surface area (Å²) >= 11 is 1.68. The van der Waals surface area contributed by atoms with E-state index < -0.39 is 0 Å². The van der Waals surface area contributed by atoms with Gasteiger partial charge in [-0.25, -0.2) is 9.98 Å². The fourth-order valence-corrected chi connectivity index (χ4v) is 3.80. The second-order valence-corrected chi connectivity index (χ2v) is 8.39. The van der Waals surface area contributed by atoms with Crippen molar-refractivity contribution in [2.24, 2.45) is 12.0 Å². The van der Waals surface area contributed by atoms with E-state index in [9.17, 15) is 0 Å². The molecule has 0 aliphatic carbocycles. The lowest BCUT2D eigenvalue weighted by molar-refractivity contribution is 0.0389. The normalized spacial score (nSPS) is 15.8. The van der Waals surface area contributed by atoms with Crippen LogP contribution in [0.25, 0.3) is 0 Å². The quantitative estimate of drug-likeness (QED) is 0.491. The number of aromatic nitrogens is 4. The molecule has 2 aromatic rings. The second-order valence-electron chi connectivity index (χ2n) is 7.44. The summed E-state index contributed by atoms with van der Waals surface area (Å²) in [6.07, 6.45) is 0. The maximum absolute atomic E-state index is 5.42. The van der Waals surface area contributed by atoms with E-state index in [1.54, 1.807) is 11.3 Å². The number of morpholine rings is 1. The summed E-state index contributed by atoms with van der Waals surface area (Å²) in [4.78, 5) is 11.8. The van der Waals surface area contributed by atoms with E-state index in [2.05, 4.69) is 45.0 Å². The number of hydrogen-bond acceptors (Lipinski definition) is 7. The van der Waals surface area contributed by atoms with Crippen molar-refractivity contribution in [2.75, 3.05) is 39.4 Å². The molecule has 1 aliphatic heterocycles. The van der Waals surface area contributed by atoms with Crippen molar-refractivity contribution in [3.8, 4) is 0 Å². The minimum absolute atomic E-state index is 0.443. The molecule has 0 unspecified atom stereocenters. The van der Waals surface area contributed by atoms with Gasteiger partial charge in [-0.2, -0.15) is 0 Å². The van der Waals surface area contributed by atoms with Crippen LogP contribution in [0.1, 0.15) is 42.1 Å². The summed E-state index contributed by atoms with van der Waals surface area (Å²) in [6.45, 7) is 12.8. The van der Waals surface area contributed by atoms with E-state index >= 15 is 0 Å². The lowest BCUT2D eigenvalue weighted by Gasteiger charge is -2.26. The highest BCUT2D eigenvalue weighted by molar-refractivity contribution is 7.09. The number of aryl methyl sites for hydroxylation is 1. The predicted octanol–water partition coefficient (Wildman–Crippen LogP) is 1.27. The van der Waals surface area contributed by atoms with E-state index in [1.165, 1.54) is 0 Å². The van der Waals surface area contributed by atoms with Crippen molar-refractivity contribution in [3.63, 3.8) is 0 Å². The Morgan fingerprint density at radius 3 is 2.72 bits per heavy atom. The molecule has 0 aromatic carbocycles. The van der Waals surface area contributed by atoms with Gasteiger partial charge in [-0.05, 0) is 12.8 Å². The number of rotatable bonds is 8. The SMILES string of the molecule is Cc1nnc(CN=C(NCCN2CCOCC2)NCc2nc(C(C)C)cs2)n1C. The van der Waals surface area contributed by atoms with Crippen LogP contribution in [0.15, 0.2) is 10.4 Å². The Balaban J connectivity index is 1.57. The number of nitrogens with zero attached hydrogens (tertiary/aromatic N) is 6. The first-order valence-corrected chi connectivity index (χ1v) is 11.0. The van der Waals surface area contributed by atoms with Crippen LogP contribution in [-0.4, -0.2) is 70.0 Å². The molecule has 1 aliphatic rings. The molecule has 0 radical (unpaired) electrons. The molecule has 0 atom stereocenters. The third kappa shape index (κ3) is 6.48.